The number of benzene rings is 2. The molecule has 6 heteroatoms. The van der Waals surface area contributed by atoms with E-state index >= 15 is 0 Å². The highest BCUT2D eigenvalue weighted by Crippen LogP contribution is 2.50. The third kappa shape index (κ3) is 3.21. The molecule has 2 atom stereocenters. The number of aryl methyl sites for hydroxylation is 1. The molecule has 4 rings (SSSR count). The lowest BCUT2D eigenvalue weighted by Gasteiger charge is -2.49. The maximum Gasteiger partial charge on any atom is 0.318 e. The number of phenols is 1. The lowest BCUT2D eigenvalue weighted by Crippen LogP contribution is -2.69. The second-order valence-corrected chi connectivity index (χ2v) is 8.60. The summed E-state index contributed by atoms with van der Waals surface area (Å²) in [6.07, 6.45) is 1.15. The summed E-state index contributed by atoms with van der Waals surface area (Å²) in [6, 6.07) is 10.8. The van der Waals surface area contributed by atoms with E-state index in [9.17, 15) is 9.90 Å². The van der Waals surface area contributed by atoms with Crippen LogP contribution < -0.4 is 15.4 Å². The summed E-state index contributed by atoms with van der Waals surface area (Å²) in [5, 5.41) is 16.7. The van der Waals surface area contributed by atoms with Gasteiger partial charge in [0.25, 0.3) is 0 Å². The Morgan fingerprint density at radius 1 is 1.22 bits per heavy atom. The molecule has 5 nitrogen and oxygen atoms in total. The summed E-state index contributed by atoms with van der Waals surface area (Å²) >= 11 is 6.53. The van der Waals surface area contributed by atoms with Crippen molar-refractivity contribution >= 4 is 17.6 Å². The number of aromatic hydroxyl groups is 1. The summed E-state index contributed by atoms with van der Waals surface area (Å²) in [5.74, 6) is 0.666. The number of urea groups is 1. The van der Waals surface area contributed by atoms with Gasteiger partial charge >= 0.3 is 6.03 Å². The fraction of sp³-hybridized carbons (Fsp3) is 0.381. The maximum absolute atomic E-state index is 12.3. The molecule has 1 spiro atoms. The molecule has 2 aliphatic rings. The Kier molecular flexibility index (Phi) is 4.04. The van der Waals surface area contributed by atoms with Gasteiger partial charge in [-0.15, -0.1) is 0 Å². The molecule has 1 saturated heterocycles. The number of hydrogen-bond donors (Lipinski definition) is 3. The number of amides is 2. The molecule has 2 amide bonds. The SMILES string of the molecule is Cc1cc(O)cc2c1[C@@H](c1ccccc1Cl)C[C@]1(CC(C)(C)NC(=O)N1)O2. The van der Waals surface area contributed by atoms with Gasteiger partial charge in [0.1, 0.15) is 11.5 Å². The first kappa shape index (κ1) is 18.0. The number of halogens is 1. The van der Waals surface area contributed by atoms with E-state index in [0.717, 1.165) is 16.7 Å². The van der Waals surface area contributed by atoms with Gasteiger partial charge in [0, 0.05) is 41.0 Å². The topological polar surface area (TPSA) is 70.6 Å². The normalized spacial score (nSPS) is 25.9. The molecule has 3 N–H and O–H groups in total. The third-order valence-electron chi connectivity index (χ3n) is 5.32. The second kappa shape index (κ2) is 6.06. The van der Waals surface area contributed by atoms with Gasteiger partial charge in [-0.3, -0.25) is 0 Å². The molecular formula is C21H23ClN2O3. The minimum atomic E-state index is -0.872. The number of hydrogen-bond acceptors (Lipinski definition) is 3. The molecule has 0 aliphatic carbocycles. The predicted molar refractivity (Wildman–Crippen MR) is 104 cm³/mol. The molecule has 2 heterocycles. The van der Waals surface area contributed by atoms with Crippen molar-refractivity contribution in [3.8, 4) is 11.5 Å². The van der Waals surface area contributed by atoms with E-state index in [2.05, 4.69) is 10.6 Å². The molecule has 1 fully saturated rings. The van der Waals surface area contributed by atoms with Crippen molar-refractivity contribution < 1.29 is 14.6 Å². The summed E-state index contributed by atoms with van der Waals surface area (Å²) in [5.41, 5.74) is 1.63. The summed E-state index contributed by atoms with van der Waals surface area (Å²) < 4.78 is 6.34. The van der Waals surface area contributed by atoms with Gasteiger partial charge in [0.05, 0.1) is 0 Å². The van der Waals surface area contributed by atoms with Gasteiger partial charge in [0.2, 0.25) is 0 Å². The first-order valence-electron chi connectivity index (χ1n) is 9.05. The summed E-state index contributed by atoms with van der Waals surface area (Å²) in [4.78, 5) is 12.3. The Morgan fingerprint density at radius 2 is 1.96 bits per heavy atom. The van der Waals surface area contributed by atoms with Crippen LogP contribution in [0.2, 0.25) is 5.02 Å². The Balaban J connectivity index is 1.89. The number of phenolic OH excluding ortho intramolecular Hbond substituents is 1. The molecule has 0 saturated carbocycles. The Labute approximate surface area is 163 Å². The molecule has 0 radical (unpaired) electrons. The monoisotopic (exact) mass is 386 g/mol. The Hall–Kier alpha value is -2.40. The molecular weight excluding hydrogens is 364 g/mol. The van der Waals surface area contributed by atoms with Crippen molar-refractivity contribution in [2.75, 3.05) is 0 Å². The number of nitrogens with one attached hydrogen (secondary N) is 2. The zero-order chi connectivity index (χ0) is 19.4. The maximum atomic E-state index is 12.3. The van der Waals surface area contributed by atoms with Crippen LogP contribution in [0.15, 0.2) is 36.4 Å². The van der Waals surface area contributed by atoms with Crippen molar-refractivity contribution in [2.24, 2.45) is 0 Å². The molecule has 0 aromatic heterocycles. The molecule has 0 bridgehead atoms. The largest absolute Gasteiger partial charge is 0.508 e. The van der Waals surface area contributed by atoms with Crippen molar-refractivity contribution in [1.29, 1.82) is 0 Å². The number of fused-ring (bicyclic) bond motifs is 1. The van der Waals surface area contributed by atoms with Crippen LogP contribution in [0.1, 0.15) is 49.3 Å². The fourth-order valence-corrected chi connectivity index (χ4v) is 4.79. The van der Waals surface area contributed by atoms with E-state index < -0.39 is 11.3 Å². The first-order valence-corrected chi connectivity index (χ1v) is 9.43. The molecule has 0 unspecified atom stereocenters. The average molecular weight is 387 g/mol. The quantitative estimate of drug-likeness (QED) is 0.678. The van der Waals surface area contributed by atoms with Gasteiger partial charge in [-0.1, -0.05) is 29.8 Å². The lowest BCUT2D eigenvalue weighted by atomic mass is 9.76. The molecule has 2 aromatic rings. The van der Waals surface area contributed by atoms with Crippen LogP contribution in [-0.2, 0) is 0 Å². The fourth-order valence-electron chi connectivity index (χ4n) is 4.52. The van der Waals surface area contributed by atoms with Crippen LogP contribution in [0.3, 0.4) is 0 Å². The van der Waals surface area contributed by atoms with E-state index in [1.165, 1.54) is 0 Å². The number of carbonyl (C=O) groups excluding carboxylic acids is 1. The van der Waals surface area contributed by atoms with Crippen LogP contribution in [0, 0.1) is 6.92 Å². The van der Waals surface area contributed by atoms with Crippen LogP contribution in [0.4, 0.5) is 4.79 Å². The molecule has 142 valence electrons. The first-order chi connectivity index (χ1) is 12.7. The van der Waals surface area contributed by atoms with Gasteiger partial charge < -0.3 is 20.5 Å². The minimum Gasteiger partial charge on any atom is -0.508 e. The zero-order valence-electron chi connectivity index (χ0n) is 15.6. The average Bonchev–Trinajstić information content (AvgIpc) is 2.51. The van der Waals surface area contributed by atoms with Crippen molar-refractivity contribution in [3.63, 3.8) is 0 Å². The van der Waals surface area contributed by atoms with E-state index in [1.54, 1.807) is 12.1 Å². The molecule has 2 aliphatic heterocycles. The number of rotatable bonds is 1. The smallest absolute Gasteiger partial charge is 0.318 e. The highest BCUT2D eigenvalue weighted by molar-refractivity contribution is 6.31. The minimum absolute atomic E-state index is 0.0581. The lowest BCUT2D eigenvalue weighted by molar-refractivity contribution is -0.0237. The van der Waals surface area contributed by atoms with Gasteiger partial charge in [-0.2, -0.15) is 0 Å². The Bertz CT molecular complexity index is 928. The van der Waals surface area contributed by atoms with E-state index in [1.807, 2.05) is 45.0 Å². The third-order valence-corrected chi connectivity index (χ3v) is 5.67. The summed E-state index contributed by atoms with van der Waals surface area (Å²) in [6.45, 7) is 5.91. The standard InChI is InChI=1S/C21H23ClN2O3/c1-12-8-13(25)9-17-18(12)15(14-6-4-5-7-16(14)22)10-21(27-17)11-20(2,3)23-19(26)24-21/h4-9,15,25H,10-11H2,1-3H3,(H2,23,24,26)/t15-,21-/m1/s1. The van der Waals surface area contributed by atoms with Crippen molar-refractivity contribution in [1.82, 2.24) is 10.6 Å². The molecule has 2 aromatic carbocycles. The van der Waals surface area contributed by atoms with E-state index in [0.29, 0.717) is 23.6 Å². The highest BCUT2D eigenvalue weighted by atomic mass is 35.5. The van der Waals surface area contributed by atoms with Gasteiger partial charge in [-0.05, 0) is 44.0 Å². The van der Waals surface area contributed by atoms with Crippen LogP contribution in [0.25, 0.3) is 0 Å². The Morgan fingerprint density at radius 3 is 2.67 bits per heavy atom. The molecule has 27 heavy (non-hydrogen) atoms. The number of ether oxygens (including phenoxy) is 1. The van der Waals surface area contributed by atoms with Crippen LogP contribution in [0.5, 0.6) is 11.5 Å². The predicted octanol–water partition coefficient (Wildman–Crippen LogP) is 4.45. The highest BCUT2D eigenvalue weighted by Gasteiger charge is 2.50. The van der Waals surface area contributed by atoms with Crippen molar-refractivity contribution in [3.05, 3.63) is 58.1 Å². The van der Waals surface area contributed by atoms with Crippen LogP contribution in [-0.4, -0.2) is 22.4 Å². The van der Waals surface area contributed by atoms with Gasteiger partial charge in [-0.25, -0.2) is 4.79 Å². The van der Waals surface area contributed by atoms with Crippen LogP contribution >= 0.6 is 11.6 Å². The summed E-state index contributed by atoms with van der Waals surface area (Å²) in [7, 11) is 0. The number of carbonyl (C=O) groups is 1. The second-order valence-electron chi connectivity index (χ2n) is 8.19. The van der Waals surface area contributed by atoms with E-state index in [-0.39, 0.29) is 17.7 Å². The zero-order valence-corrected chi connectivity index (χ0v) is 16.4. The van der Waals surface area contributed by atoms with Gasteiger partial charge in [0.15, 0.2) is 5.72 Å². The van der Waals surface area contributed by atoms with E-state index in [4.69, 9.17) is 16.3 Å². The van der Waals surface area contributed by atoms with Crippen molar-refractivity contribution in [2.45, 2.75) is 50.8 Å².